The number of nitrogens with zero attached hydrogens (tertiary/aromatic N) is 2. The third-order valence-electron chi connectivity index (χ3n) is 6.44. The third kappa shape index (κ3) is 5.35. The summed E-state index contributed by atoms with van der Waals surface area (Å²) in [6.45, 7) is 0. The van der Waals surface area contributed by atoms with Crippen molar-refractivity contribution in [2.45, 2.75) is 37.8 Å². The number of nitrogen functional groups attached to an aromatic ring is 1. The Hall–Kier alpha value is -4.32. The van der Waals surface area contributed by atoms with Crippen LogP contribution in [-0.2, 0) is 4.79 Å². The van der Waals surface area contributed by atoms with Crippen LogP contribution in [0.2, 0.25) is 0 Å². The fourth-order valence-electron chi connectivity index (χ4n) is 4.52. The van der Waals surface area contributed by atoms with E-state index in [0.29, 0.717) is 22.7 Å². The van der Waals surface area contributed by atoms with E-state index in [1.807, 2.05) is 0 Å². The molecule has 1 fully saturated rings. The molecule has 1 heterocycles. The van der Waals surface area contributed by atoms with Gasteiger partial charge in [-0.25, -0.2) is 0 Å². The van der Waals surface area contributed by atoms with Gasteiger partial charge in [0.05, 0.1) is 19.9 Å². The standard InChI is InChI=1S/C26H29N5O6S/c1-36-18-12-9-16(13-19(18)37-2)31(26(35)23-20(27)21(24(28)33)30-38-23)22(14-7-10-17(32)11-8-14)25(34)29-15-5-3-4-6-15/h7-13,15,22,32H,3-6,27H2,1-2H3,(H2,28,33)(H,29,34)/t22-/m0/s1. The van der Waals surface area contributed by atoms with Crippen LogP contribution in [0, 0.1) is 0 Å². The predicted octanol–water partition coefficient (Wildman–Crippen LogP) is 2.99. The number of hydrogen-bond donors (Lipinski definition) is 4. The molecule has 0 spiro atoms. The highest BCUT2D eigenvalue weighted by Crippen LogP contribution is 2.38. The van der Waals surface area contributed by atoms with Crippen molar-refractivity contribution in [3.63, 3.8) is 0 Å². The monoisotopic (exact) mass is 539 g/mol. The number of aromatic nitrogens is 1. The van der Waals surface area contributed by atoms with Crippen LogP contribution in [0.5, 0.6) is 17.2 Å². The summed E-state index contributed by atoms with van der Waals surface area (Å²) in [6, 6.07) is 9.62. The second kappa shape index (κ2) is 11.4. The van der Waals surface area contributed by atoms with E-state index < -0.39 is 23.8 Å². The maximum Gasteiger partial charge on any atom is 0.273 e. The van der Waals surface area contributed by atoms with Crippen LogP contribution in [0.4, 0.5) is 11.4 Å². The summed E-state index contributed by atoms with van der Waals surface area (Å²) in [6.07, 6.45) is 3.67. The Morgan fingerprint density at radius 3 is 2.32 bits per heavy atom. The molecule has 6 N–H and O–H groups in total. The highest BCUT2D eigenvalue weighted by atomic mass is 32.1. The summed E-state index contributed by atoms with van der Waals surface area (Å²) >= 11 is 0.718. The molecule has 12 heteroatoms. The number of anilines is 2. The SMILES string of the molecule is COc1ccc(N(C(=O)c2snc(C(N)=O)c2N)[C@H](C(=O)NC2CCCC2)c2ccc(O)cc2)cc1OC. The molecule has 0 bridgehead atoms. The van der Waals surface area contributed by atoms with Gasteiger partial charge in [0.1, 0.15) is 16.7 Å². The Labute approximate surface area is 223 Å². The quantitative estimate of drug-likeness (QED) is 0.321. The number of amides is 3. The van der Waals surface area contributed by atoms with Crippen molar-refractivity contribution >= 4 is 40.6 Å². The average molecular weight is 540 g/mol. The van der Waals surface area contributed by atoms with Crippen LogP contribution in [-0.4, -0.2) is 47.5 Å². The summed E-state index contributed by atoms with van der Waals surface area (Å²) in [4.78, 5) is 41.0. The van der Waals surface area contributed by atoms with E-state index in [1.165, 1.54) is 31.3 Å². The number of hydrogen-bond acceptors (Lipinski definition) is 9. The number of methoxy groups -OCH3 is 2. The van der Waals surface area contributed by atoms with Crippen molar-refractivity contribution in [1.29, 1.82) is 0 Å². The normalized spacial score (nSPS) is 14.1. The Morgan fingerprint density at radius 2 is 1.74 bits per heavy atom. The van der Waals surface area contributed by atoms with Gasteiger partial charge < -0.3 is 31.4 Å². The average Bonchev–Trinajstić information content (AvgIpc) is 3.56. The number of ether oxygens (including phenoxy) is 2. The highest BCUT2D eigenvalue weighted by molar-refractivity contribution is 7.09. The van der Waals surface area contributed by atoms with E-state index in [1.54, 1.807) is 30.3 Å². The second-order valence-electron chi connectivity index (χ2n) is 8.84. The minimum atomic E-state index is -1.17. The molecule has 200 valence electrons. The van der Waals surface area contributed by atoms with Crippen molar-refractivity contribution in [1.82, 2.24) is 9.69 Å². The zero-order chi connectivity index (χ0) is 27.4. The zero-order valence-corrected chi connectivity index (χ0v) is 21.8. The lowest BCUT2D eigenvalue weighted by Crippen LogP contribution is -2.46. The number of benzene rings is 2. The van der Waals surface area contributed by atoms with E-state index >= 15 is 0 Å². The van der Waals surface area contributed by atoms with Crippen molar-refractivity contribution < 1.29 is 29.0 Å². The van der Waals surface area contributed by atoms with Crippen LogP contribution >= 0.6 is 11.5 Å². The maximum absolute atomic E-state index is 14.1. The molecule has 1 aliphatic rings. The molecule has 1 saturated carbocycles. The first-order chi connectivity index (χ1) is 18.2. The largest absolute Gasteiger partial charge is 0.508 e. The van der Waals surface area contributed by atoms with Gasteiger partial charge in [-0.15, -0.1) is 0 Å². The topological polar surface area (TPSA) is 170 Å². The molecule has 0 unspecified atom stereocenters. The third-order valence-corrected chi connectivity index (χ3v) is 7.29. The molecule has 3 aromatic rings. The van der Waals surface area contributed by atoms with Crippen LogP contribution in [0.15, 0.2) is 42.5 Å². The second-order valence-corrected chi connectivity index (χ2v) is 9.61. The van der Waals surface area contributed by atoms with Gasteiger partial charge in [-0.05, 0) is 54.2 Å². The molecule has 0 aliphatic heterocycles. The minimum Gasteiger partial charge on any atom is -0.508 e. The van der Waals surface area contributed by atoms with Gasteiger partial charge in [-0.3, -0.25) is 19.3 Å². The molecule has 4 rings (SSSR count). The summed E-state index contributed by atoms with van der Waals surface area (Å²) in [5.41, 5.74) is 11.8. The molecule has 3 amide bonds. The molecule has 1 aliphatic carbocycles. The lowest BCUT2D eigenvalue weighted by molar-refractivity contribution is -0.123. The minimum absolute atomic E-state index is 0.00509. The van der Waals surface area contributed by atoms with Crippen LogP contribution in [0.25, 0.3) is 0 Å². The number of carbonyl (C=O) groups excluding carboxylic acids is 3. The fraction of sp³-hybridized carbons (Fsp3) is 0.308. The summed E-state index contributed by atoms with van der Waals surface area (Å²) in [5, 5.41) is 13.0. The van der Waals surface area contributed by atoms with Gasteiger partial charge in [-0.2, -0.15) is 4.37 Å². The molecular weight excluding hydrogens is 510 g/mol. The lowest BCUT2D eigenvalue weighted by atomic mass is 10.0. The van der Waals surface area contributed by atoms with E-state index in [0.717, 1.165) is 37.2 Å². The Morgan fingerprint density at radius 1 is 1.08 bits per heavy atom. The van der Waals surface area contributed by atoms with Gasteiger partial charge in [0, 0.05) is 17.8 Å². The smallest absolute Gasteiger partial charge is 0.273 e. The van der Waals surface area contributed by atoms with Crippen LogP contribution < -0.4 is 31.2 Å². The number of nitrogens with two attached hydrogens (primary N) is 2. The first-order valence-electron chi connectivity index (χ1n) is 11.9. The molecule has 1 aromatic heterocycles. The van der Waals surface area contributed by atoms with Crippen molar-refractivity contribution in [3.8, 4) is 17.2 Å². The van der Waals surface area contributed by atoms with Crippen molar-refractivity contribution in [2.75, 3.05) is 24.9 Å². The predicted molar refractivity (Wildman–Crippen MR) is 143 cm³/mol. The molecule has 11 nitrogen and oxygen atoms in total. The summed E-state index contributed by atoms with van der Waals surface area (Å²) < 4.78 is 14.8. The Bertz CT molecular complexity index is 1340. The number of primary amides is 1. The molecule has 0 radical (unpaired) electrons. The first-order valence-corrected chi connectivity index (χ1v) is 12.7. The zero-order valence-electron chi connectivity index (χ0n) is 21.0. The van der Waals surface area contributed by atoms with E-state index in [-0.39, 0.29) is 28.0 Å². The molecule has 1 atom stereocenters. The molecular formula is C26H29N5O6S. The van der Waals surface area contributed by atoms with Crippen LogP contribution in [0.1, 0.15) is 57.4 Å². The molecule has 0 saturated heterocycles. The first kappa shape index (κ1) is 26.7. The van der Waals surface area contributed by atoms with Gasteiger partial charge in [0.25, 0.3) is 11.8 Å². The number of rotatable bonds is 9. The Balaban J connectivity index is 1.89. The van der Waals surface area contributed by atoms with E-state index in [4.69, 9.17) is 20.9 Å². The van der Waals surface area contributed by atoms with Crippen molar-refractivity contribution in [2.24, 2.45) is 5.73 Å². The molecule has 38 heavy (non-hydrogen) atoms. The fourth-order valence-corrected chi connectivity index (χ4v) is 5.26. The van der Waals surface area contributed by atoms with E-state index in [2.05, 4.69) is 9.69 Å². The van der Waals surface area contributed by atoms with Crippen LogP contribution in [0.3, 0.4) is 0 Å². The van der Waals surface area contributed by atoms with Crippen molar-refractivity contribution in [3.05, 3.63) is 58.6 Å². The van der Waals surface area contributed by atoms with Gasteiger partial charge in [0.2, 0.25) is 5.91 Å². The summed E-state index contributed by atoms with van der Waals surface area (Å²) in [7, 11) is 2.94. The number of carbonyl (C=O) groups is 3. The highest BCUT2D eigenvalue weighted by Gasteiger charge is 2.37. The number of phenolic OH excluding ortho intramolecular Hbond substituents is 1. The Kier molecular flexibility index (Phi) is 8.01. The number of nitrogens with one attached hydrogen (secondary N) is 1. The number of aromatic hydroxyl groups is 1. The maximum atomic E-state index is 14.1. The summed E-state index contributed by atoms with van der Waals surface area (Å²) in [5.74, 6) is -1.19. The van der Waals surface area contributed by atoms with Gasteiger partial charge in [0.15, 0.2) is 17.2 Å². The lowest BCUT2D eigenvalue weighted by Gasteiger charge is -2.32. The van der Waals surface area contributed by atoms with E-state index in [9.17, 15) is 19.5 Å². The molecule has 2 aromatic carbocycles. The van der Waals surface area contributed by atoms with Gasteiger partial charge >= 0.3 is 0 Å². The number of phenols is 1. The van der Waals surface area contributed by atoms with Gasteiger partial charge in [-0.1, -0.05) is 25.0 Å².